The van der Waals surface area contributed by atoms with Crippen molar-refractivity contribution in [2.45, 2.75) is 70.4 Å². The van der Waals surface area contributed by atoms with Crippen molar-refractivity contribution in [3.05, 3.63) is 65.0 Å². The third kappa shape index (κ3) is 9.50. The van der Waals surface area contributed by atoms with E-state index in [-0.39, 0.29) is 44.4 Å². The summed E-state index contributed by atoms with van der Waals surface area (Å²) >= 11 is 0. The summed E-state index contributed by atoms with van der Waals surface area (Å²) in [5.41, 5.74) is 0.0761. The molecule has 0 aromatic heterocycles. The van der Waals surface area contributed by atoms with Crippen molar-refractivity contribution >= 4 is 11.8 Å². The first-order valence-electron chi connectivity index (χ1n) is 13.0. The largest absolute Gasteiger partial charge is 0.493 e. The number of aliphatic hydroxyl groups excluding tert-OH is 1. The number of hydrogen-bond acceptors (Lipinski definition) is 5. The van der Waals surface area contributed by atoms with Crippen molar-refractivity contribution in [1.82, 2.24) is 16.0 Å². The smallest absolute Gasteiger partial charge is 0.416 e. The van der Waals surface area contributed by atoms with Crippen LogP contribution in [0.15, 0.2) is 42.5 Å². The van der Waals surface area contributed by atoms with Crippen LogP contribution in [0.1, 0.15) is 49.8 Å². The molecule has 39 heavy (non-hydrogen) atoms. The number of hydrogen-bond donors (Lipinski definition) is 4. The molecule has 0 spiro atoms. The molecule has 2 bridgehead atoms. The molecule has 11 heteroatoms. The highest BCUT2D eigenvalue weighted by Gasteiger charge is 2.31. The van der Waals surface area contributed by atoms with Gasteiger partial charge in [-0.1, -0.05) is 32.0 Å². The second-order valence-electron chi connectivity index (χ2n) is 10.1. The van der Waals surface area contributed by atoms with E-state index in [1.54, 1.807) is 19.9 Å². The van der Waals surface area contributed by atoms with Gasteiger partial charge >= 0.3 is 6.18 Å². The Morgan fingerprint density at radius 2 is 1.87 bits per heavy atom. The zero-order valence-corrected chi connectivity index (χ0v) is 22.0. The Bertz CT molecular complexity index is 1130. The van der Waals surface area contributed by atoms with E-state index in [1.807, 2.05) is 0 Å². The summed E-state index contributed by atoms with van der Waals surface area (Å²) in [6.45, 7) is 3.83. The first kappa shape index (κ1) is 30.4. The van der Waals surface area contributed by atoms with Crippen LogP contribution in [-0.4, -0.2) is 48.3 Å². The van der Waals surface area contributed by atoms with E-state index in [0.717, 1.165) is 12.1 Å². The minimum Gasteiger partial charge on any atom is -0.493 e. The number of fused-ring (bicyclic) bond motifs is 2. The predicted molar refractivity (Wildman–Crippen MR) is 137 cm³/mol. The minimum atomic E-state index is -4.47. The Kier molecular flexibility index (Phi) is 10.7. The first-order valence-corrected chi connectivity index (χ1v) is 13.0. The molecule has 3 rings (SSSR count). The van der Waals surface area contributed by atoms with E-state index >= 15 is 0 Å². The van der Waals surface area contributed by atoms with Crippen LogP contribution in [0, 0.1) is 11.7 Å². The molecule has 2 amide bonds. The summed E-state index contributed by atoms with van der Waals surface area (Å²) in [4.78, 5) is 25.7. The van der Waals surface area contributed by atoms with Crippen LogP contribution in [0.3, 0.4) is 0 Å². The van der Waals surface area contributed by atoms with Gasteiger partial charge in [0.1, 0.15) is 17.6 Å². The lowest BCUT2D eigenvalue weighted by Gasteiger charge is -2.29. The Balaban J connectivity index is 1.79. The van der Waals surface area contributed by atoms with Gasteiger partial charge in [-0.25, -0.2) is 4.39 Å². The molecule has 0 aliphatic carbocycles. The molecule has 3 atom stereocenters. The number of amides is 2. The normalized spacial score (nSPS) is 20.3. The number of benzene rings is 2. The maximum atomic E-state index is 14.3. The predicted octanol–water partition coefficient (Wildman–Crippen LogP) is 3.73. The van der Waals surface area contributed by atoms with Crippen molar-refractivity contribution < 1.29 is 37.0 Å². The van der Waals surface area contributed by atoms with Crippen molar-refractivity contribution in [2.75, 3.05) is 13.2 Å². The van der Waals surface area contributed by atoms with E-state index in [9.17, 15) is 32.3 Å². The van der Waals surface area contributed by atoms with Gasteiger partial charge < -0.3 is 25.8 Å². The van der Waals surface area contributed by atoms with Gasteiger partial charge in [-0.05, 0) is 54.5 Å². The molecule has 1 aliphatic heterocycles. The standard InChI is InChI=1S/C28H35F4N3O4/c1-17(2)26-27(38)34-23(24(36)16-33-15-18-6-5-7-20(10-18)28(30,31)32)13-19-11-21(29)14-22(12-19)39-9-4-3-8-25(37)35-26/h5-7,10-12,14,17,23-24,26,33,36H,3-4,8-9,13,15-16H2,1-2H3,(H,34,38)(H,35,37). The molecule has 2 aromatic carbocycles. The first-order chi connectivity index (χ1) is 18.4. The van der Waals surface area contributed by atoms with Gasteiger partial charge in [0.25, 0.3) is 0 Å². The van der Waals surface area contributed by atoms with Gasteiger partial charge in [0.05, 0.1) is 24.3 Å². The third-order valence-electron chi connectivity index (χ3n) is 6.45. The summed E-state index contributed by atoms with van der Waals surface area (Å²) in [5, 5.41) is 19.5. The lowest BCUT2D eigenvalue weighted by atomic mass is 9.98. The number of rotatable bonds is 6. The molecule has 3 unspecified atom stereocenters. The molecular formula is C28H35F4N3O4. The lowest BCUT2D eigenvalue weighted by molar-refractivity contribution is -0.137. The molecule has 0 fully saturated rings. The number of carbonyl (C=O) groups is 2. The zero-order valence-electron chi connectivity index (χ0n) is 22.0. The lowest BCUT2D eigenvalue weighted by Crippen LogP contribution is -2.56. The monoisotopic (exact) mass is 553 g/mol. The van der Waals surface area contributed by atoms with Crippen molar-refractivity contribution in [1.29, 1.82) is 0 Å². The summed E-state index contributed by atoms with van der Waals surface area (Å²) in [5.74, 6) is -1.27. The van der Waals surface area contributed by atoms with Crippen LogP contribution in [0.2, 0.25) is 0 Å². The molecule has 214 valence electrons. The minimum absolute atomic E-state index is 0.0459. The van der Waals surface area contributed by atoms with Gasteiger partial charge in [-0.2, -0.15) is 13.2 Å². The van der Waals surface area contributed by atoms with Gasteiger partial charge in [0.15, 0.2) is 0 Å². The van der Waals surface area contributed by atoms with Crippen LogP contribution in [0.4, 0.5) is 17.6 Å². The molecule has 1 heterocycles. The second-order valence-corrected chi connectivity index (χ2v) is 10.1. The Hall–Kier alpha value is -3.18. The quantitative estimate of drug-likeness (QED) is 0.409. The van der Waals surface area contributed by atoms with Crippen molar-refractivity contribution in [3.8, 4) is 5.75 Å². The molecule has 0 saturated heterocycles. The summed E-state index contributed by atoms with van der Waals surface area (Å²) in [6, 6.07) is 7.25. The van der Waals surface area contributed by atoms with E-state index in [1.165, 1.54) is 24.3 Å². The van der Waals surface area contributed by atoms with Crippen LogP contribution in [-0.2, 0) is 28.7 Å². The Morgan fingerprint density at radius 3 is 2.59 bits per heavy atom. The van der Waals surface area contributed by atoms with Gasteiger partial charge in [0, 0.05) is 25.6 Å². The van der Waals surface area contributed by atoms with Gasteiger partial charge in [-0.3, -0.25) is 9.59 Å². The van der Waals surface area contributed by atoms with Crippen LogP contribution >= 0.6 is 0 Å². The maximum Gasteiger partial charge on any atom is 0.416 e. The van der Waals surface area contributed by atoms with Gasteiger partial charge in [-0.15, -0.1) is 0 Å². The zero-order chi connectivity index (χ0) is 28.6. The van der Waals surface area contributed by atoms with Crippen molar-refractivity contribution in [3.63, 3.8) is 0 Å². The summed E-state index contributed by atoms with van der Waals surface area (Å²) < 4.78 is 59.1. The maximum absolute atomic E-state index is 14.3. The highest BCUT2D eigenvalue weighted by molar-refractivity contribution is 5.88. The fraction of sp³-hybridized carbons (Fsp3) is 0.500. The number of alkyl halides is 3. The Labute approximate surface area is 225 Å². The number of carbonyl (C=O) groups excluding carboxylic acids is 2. The molecule has 0 saturated carbocycles. The molecule has 7 nitrogen and oxygen atoms in total. The van der Waals surface area contributed by atoms with E-state index in [0.29, 0.717) is 29.7 Å². The van der Waals surface area contributed by atoms with Crippen LogP contribution in [0.25, 0.3) is 0 Å². The van der Waals surface area contributed by atoms with E-state index in [2.05, 4.69) is 16.0 Å². The number of aliphatic hydroxyl groups is 1. The fourth-order valence-electron chi connectivity index (χ4n) is 4.35. The Morgan fingerprint density at radius 1 is 1.10 bits per heavy atom. The highest BCUT2D eigenvalue weighted by Crippen LogP contribution is 2.29. The summed E-state index contributed by atoms with van der Waals surface area (Å²) in [7, 11) is 0. The molecular weight excluding hydrogens is 518 g/mol. The van der Waals surface area contributed by atoms with E-state index in [4.69, 9.17) is 4.74 Å². The molecule has 4 N–H and O–H groups in total. The van der Waals surface area contributed by atoms with E-state index < -0.39 is 41.7 Å². The number of halogens is 4. The second kappa shape index (κ2) is 13.7. The fourth-order valence-corrected chi connectivity index (χ4v) is 4.35. The highest BCUT2D eigenvalue weighted by atomic mass is 19.4. The SMILES string of the molecule is CC(C)C1NC(=O)CCCCOc2cc(F)cc(c2)CC(C(O)CNCc2cccc(C(F)(F)F)c2)NC1=O. The average Bonchev–Trinajstić information content (AvgIpc) is 2.85. The van der Waals surface area contributed by atoms with Crippen LogP contribution < -0.4 is 20.7 Å². The molecule has 0 radical (unpaired) electrons. The third-order valence-corrected chi connectivity index (χ3v) is 6.45. The molecule has 2 aromatic rings. The summed E-state index contributed by atoms with van der Waals surface area (Å²) in [6.07, 6.45) is -4.33. The topological polar surface area (TPSA) is 99.7 Å². The number of nitrogens with one attached hydrogen (secondary N) is 3. The average molecular weight is 554 g/mol. The van der Waals surface area contributed by atoms with Gasteiger partial charge in [0.2, 0.25) is 11.8 Å². The van der Waals surface area contributed by atoms with Crippen LogP contribution in [0.5, 0.6) is 5.75 Å². The molecule has 1 aliphatic rings. The number of ether oxygens (including phenoxy) is 1. The van der Waals surface area contributed by atoms with Crippen molar-refractivity contribution in [2.24, 2.45) is 5.92 Å².